The maximum atomic E-state index is 13.3. The molecule has 0 radical (unpaired) electrons. The van der Waals surface area contributed by atoms with Crippen molar-refractivity contribution in [2.24, 2.45) is 5.10 Å². The first kappa shape index (κ1) is 19.9. The summed E-state index contributed by atoms with van der Waals surface area (Å²) in [6.45, 7) is 0. The Bertz CT molecular complexity index is 1300. The average Bonchev–Trinajstić information content (AvgIpc) is 3.28. The van der Waals surface area contributed by atoms with Gasteiger partial charge in [-0.15, -0.1) is 0 Å². The van der Waals surface area contributed by atoms with Gasteiger partial charge in [-0.2, -0.15) is 9.78 Å². The predicted molar refractivity (Wildman–Crippen MR) is 128 cm³/mol. The Balaban J connectivity index is 1.60. The zero-order valence-corrected chi connectivity index (χ0v) is 18.7. The van der Waals surface area contributed by atoms with Crippen molar-refractivity contribution in [1.29, 1.82) is 0 Å². The van der Waals surface area contributed by atoms with Crippen LogP contribution in [0.15, 0.2) is 81.2 Å². The lowest BCUT2D eigenvalue weighted by molar-refractivity contribution is 0.416. The van der Waals surface area contributed by atoms with E-state index in [1.165, 1.54) is 23.9 Å². The summed E-state index contributed by atoms with van der Waals surface area (Å²) in [5, 5.41) is 5.26. The van der Waals surface area contributed by atoms with Crippen LogP contribution >= 0.6 is 15.9 Å². The van der Waals surface area contributed by atoms with Gasteiger partial charge in [-0.1, -0.05) is 47.3 Å². The van der Waals surface area contributed by atoms with E-state index in [2.05, 4.69) is 25.6 Å². The summed E-state index contributed by atoms with van der Waals surface area (Å²) >= 11 is 3.48. The molecule has 4 aromatic rings. The molecule has 0 unspecified atom stereocenters. The van der Waals surface area contributed by atoms with E-state index in [0.29, 0.717) is 5.39 Å². The van der Waals surface area contributed by atoms with E-state index >= 15 is 0 Å². The van der Waals surface area contributed by atoms with E-state index in [1.807, 2.05) is 66.9 Å². The average molecular weight is 475 g/mol. The molecule has 0 spiro atoms. The first-order valence-electron chi connectivity index (χ1n) is 10.7. The van der Waals surface area contributed by atoms with Crippen LogP contribution in [0.5, 0.6) is 0 Å². The zero-order valence-electron chi connectivity index (χ0n) is 17.1. The third kappa shape index (κ3) is 4.00. The van der Waals surface area contributed by atoms with Crippen LogP contribution in [0.3, 0.4) is 0 Å². The van der Waals surface area contributed by atoms with E-state index in [1.54, 1.807) is 6.21 Å². The molecule has 2 aromatic heterocycles. The van der Waals surface area contributed by atoms with Crippen molar-refractivity contribution < 1.29 is 0 Å². The van der Waals surface area contributed by atoms with Crippen molar-refractivity contribution in [3.63, 3.8) is 0 Å². The minimum absolute atomic E-state index is 0.107. The van der Waals surface area contributed by atoms with Gasteiger partial charge in [0.15, 0.2) is 0 Å². The molecule has 31 heavy (non-hydrogen) atoms. The van der Waals surface area contributed by atoms with Crippen LogP contribution in [0.25, 0.3) is 16.6 Å². The van der Waals surface area contributed by atoms with E-state index in [4.69, 9.17) is 4.98 Å². The van der Waals surface area contributed by atoms with Crippen LogP contribution in [0.1, 0.15) is 49.5 Å². The van der Waals surface area contributed by atoms with Crippen molar-refractivity contribution in [2.75, 3.05) is 0 Å². The fourth-order valence-electron chi connectivity index (χ4n) is 4.33. The van der Waals surface area contributed by atoms with Crippen molar-refractivity contribution >= 4 is 33.0 Å². The maximum Gasteiger partial charge on any atom is 0.282 e. The molecule has 0 N–H and O–H groups in total. The molecular weight excluding hydrogens is 452 g/mol. The number of fused-ring (bicyclic) bond motifs is 1. The summed E-state index contributed by atoms with van der Waals surface area (Å²) in [6, 6.07) is 19.6. The molecule has 0 saturated heterocycles. The van der Waals surface area contributed by atoms with Crippen molar-refractivity contribution in [2.45, 2.75) is 38.0 Å². The van der Waals surface area contributed by atoms with Gasteiger partial charge in [-0.05, 0) is 61.4 Å². The standard InChI is InChI=1S/C25H23BrN4O/c26-19-12-14-20(15-13-19)29-16-6-9-21(29)17-27-30-24(18-7-2-1-3-8-18)28-23-11-5-4-10-22(23)25(30)31/h4-6,9-18H,1-3,7-8H2. The molecule has 1 saturated carbocycles. The number of rotatable bonds is 4. The van der Waals surface area contributed by atoms with Crippen LogP contribution in [-0.4, -0.2) is 20.4 Å². The lowest BCUT2D eigenvalue weighted by Gasteiger charge is -2.22. The molecule has 0 atom stereocenters. The van der Waals surface area contributed by atoms with Gasteiger partial charge in [0.05, 0.1) is 22.8 Å². The van der Waals surface area contributed by atoms with Crippen LogP contribution in [-0.2, 0) is 0 Å². The first-order valence-corrected chi connectivity index (χ1v) is 11.5. The Kier molecular flexibility index (Phi) is 5.55. The van der Waals surface area contributed by atoms with Crippen molar-refractivity contribution in [1.82, 2.24) is 14.2 Å². The Hall–Kier alpha value is -2.99. The third-order valence-corrected chi connectivity index (χ3v) is 6.47. The minimum atomic E-state index is -0.107. The van der Waals surface area contributed by atoms with Gasteiger partial charge in [0.25, 0.3) is 5.56 Å². The van der Waals surface area contributed by atoms with Gasteiger partial charge in [0, 0.05) is 22.3 Å². The van der Waals surface area contributed by atoms with Gasteiger partial charge in [-0.3, -0.25) is 4.79 Å². The highest BCUT2D eigenvalue weighted by Gasteiger charge is 2.22. The molecule has 1 fully saturated rings. The predicted octanol–water partition coefficient (Wildman–Crippen LogP) is 5.88. The lowest BCUT2D eigenvalue weighted by Crippen LogP contribution is -2.25. The fraction of sp³-hybridized carbons (Fsp3) is 0.240. The Labute approximate surface area is 189 Å². The normalized spacial score (nSPS) is 15.1. The molecule has 1 aliphatic carbocycles. The number of hydrogen-bond donors (Lipinski definition) is 0. The smallest absolute Gasteiger partial charge is 0.282 e. The number of hydrogen-bond acceptors (Lipinski definition) is 3. The zero-order chi connectivity index (χ0) is 21.2. The summed E-state index contributed by atoms with van der Waals surface area (Å²) in [6.07, 6.45) is 9.44. The quantitative estimate of drug-likeness (QED) is 0.346. The highest BCUT2D eigenvalue weighted by atomic mass is 79.9. The molecule has 0 amide bonds. The Morgan fingerprint density at radius 1 is 0.968 bits per heavy atom. The fourth-order valence-corrected chi connectivity index (χ4v) is 4.59. The van der Waals surface area contributed by atoms with Crippen LogP contribution in [0.4, 0.5) is 0 Å². The Morgan fingerprint density at radius 2 is 1.74 bits per heavy atom. The number of para-hydroxylation sites is 1. The highest BCUT2D eigenvalue weighted by Crippen LogP contribution is 2.31. The molecule has 2 heterocycles. The largest absolute Gasteiger partial charge is 0.316 e. The number of benzene rings is 2. The van der Waals surface area contributed by atoms with E-state index in [-0.39, 0.29) is 11.5 Å². The van der Waals surface area contributed by atoms with Gasteiger partial charge in [-0.25, -0.2) is 4.98 Å². The van der Waals surface area contributed by atoms with Crippen LogP contribution < -0.4 is 5.56 Å². The van der Waals surface area contributed by atoms with Gasteiger partial charge < -0.3 is 4.57 Å². The van der Waals surface area contributed by atoms with Crippen LogP contribution in [0.2, 0.25) is 0 Å². The number of aromatic nitrogens is 3. The monoisotopic (exact) mass is 474 g/mol. The third-order valence-electron chi connectivity index (χ3n) is 5.94. The molecule has 6 heteroatoms. The second-order valence-electron chi connectivity index (χ2n) is 7.96. The molecule has 156 valence electrons. The van der Waals surface area contributed by atoms with E-state index in [9.17, 15) is 4.79 Å². The number of nitrogens with zero attached hydrogens (tertiary/aromatic N) is 4. The molecule has 5 rings (SSSR count). The van der Waals surface area contributed by atoms with Gasteiger partial charge in [0.1, 0.15) is 5.82 Å². The topological polar surface area (TPSA) is 52.2 Å². The molecule has 1 aliphatic rings. The van der Waals surface area contributed by atoms with Gasteiger partial charge >= 0.3 is 0 Å². The molecule has 0 aliphatic heterocycles. The SMILES string of the molecule is O=c1c2ccccc2nc(C2CCCCC2)n1N=Cc1cccn1-c1ccc(Br)cc1. The first-order chi connectivity index (χ1) is 15.2. The van der Waals surface area contributed by atoms with Gasteiger partial charge in [0.2, 0.25) is 0 Å². The minimum Gasteiger partial charge on any atom is -0.316 e. The maximum absolute atomic E-state index is 13.3. The second kappa shape index (κ2) is 8.63. The Morgan fingerprint density at radius 3 is 2.55 bits per heavy atom. The number of halogens is 1. The van der Waals surface area contributed by atoms with Crippen molar-refractivity contribution in [3.05, 3.63) is 93.2 Å². The summed E-state index contributed by atoms with van der Waals surface area (Å²) < 4.78 is 4.61. The van der Waals surface area contributed by atoms with E-state index in [0.717, 1.165) is 40.0 Å². The van der Waals surface area contributed by atoms with Crippen LogP contribution in [0, 0.1) is 0 Å². The lowest BCUT2D eigenvalue weighted by atomic mass is 9.88. The summed E-state index contributed by atoms with van der Waals surface area (Å²) in [7, 11) is 0. The molecule has 0 bridgehead atoms. The highest BCUT2D eigenvalue weighted by molar-refractivity contribution is 9.10. The molecule has 5 nitrogen and oxygen atoms in total. The summed E-state index contributed by atoms with van der Waals surface area (Å²) in [5.41, 5.74) is 2.57. The molecule has 2 aromatic carbocycles. The summed E-state index contributed by atoms with van der Waals surface area (Å²) in [4.78, 5) is 18.2. The molecular formula is C25H23BrN4O. The second-order valence-corrected chi connectivity index (χ2v) is 8.88. The van der Waals surface area contributed by atoms with Crippen molar-refractivity contribution in [3.8, 4) is 5.69 Å². The summed E-state index contributed by atoms with van der Waals surface area (Å²) in [5.74, 6) is 1.04. The van der Waals surface area contributed by atoms with E-state index < -0.39 is 0 Å².